The second kappa shape index (κ2) is 8.85. The lowest BCUT2D eigenvalue weighted by molar-refractivity contribution is -0.615. The van der Waals surface area contributed by atoms with Crippen LogP contribution in [-0.4, -0.2) is 31.1 Å². The van der Waals surface area contributed by atoms with Crippen LogP contribution < -0.4 is 5.43 Å². The van der Waals surface area contributed by atoms with Crippen molar-refractivity contribution in [3.63, 3.8) is 0 Å². The number of carbonyl (C=O) groups is 1. The highest BCUT2D eigenvalue weighted by molar-refractivity contribution is 5.59. The van der Waals surface area contributed by atoms with Crippen molar-refractivity contribution in [3.05, 3.63) is 5.21 Å². The van der Waals surface area contributed by atoms with Gasteiger partial charge in [0.1, 0.15) is 0 Å². The van der Waals surface area contributed by atoms with Crippen LogP contribution in [0.25, 0.3) is 0 Å². The van der Waals surface area contributed by atoms with Gasteiger partial charge in [-0.2, -0.15) is 5.43 Å². The SMILES string of the molecule is CCCN/[N+]([O-])=N/OCOC(=O)OCC. The molecule has 0 aliphatic heterocycles. The van der Waals surface area contributed by atoms with Gasteiger partial charge < -0.3 is 19.5 Å². The van der Waals surface area contributed by atoms with E-state index in [9.17, 15) is 10.0 Å². The van der Waals surface area contributed by atoms with Gasteiger partial charge in [-0.15, -0.1) is 0 Å². The Morgan fingerprint density at radius 1 is 1.47 bits per heavy atom. The first-order valence-corrected chi connectivity index (χ1v) is 4.53. The number of hydrogen-bond acceptors (Lipinski definition) is 6. The molecular weight excluding hydrogens is 206 g/mol. The third-order valence-electron chi connectivity index (χ3n) is 1.12. The number of nitrogens with one attached hydrogen (secondary N) is 1. The fraction of sp³-hybridized carbons (Fsp3) is 0.857. The van der Waals surface area contributed by atoms with E-state index in [-0.39, 0.29) is 11.6 Å². The van der Waals surface area contributed by atoms with Crippen LogP contribution in [0.2, 0.25) is 0 Å². The summed E-state index contributed by atoms with van der Waals surface area (Å²) in [6.07, 6.45) is -0.0835. The first-order valence-electron chi connectivity index (χ1n) is 4.53. The Bertz CT molecular complexity index is 209. The van der Waals surface area contributed by atoms with Gasteiger partial charge >= 0.3 is 6.16 Å². The Hall–Kier alpha value is -1.73. The first-order chi connectivity index (χ1) is 7.20. The normalized spacial score (nSPS) is 10.7. The smallest absolute Gasteiger partial charge is 0.511 e. The van der Waals surface area contributed by atoms with Crippen molar-refractivity contribution in [1.29, 1.82) is 0 Å². The third kappa shape index (κ3) is 8.60. The van der Waals surface area contributed by atoms with Gasteiger partial charge in [0.25, 0.3) is 6.79 Å². The molecule has 0 rings (SSSR count). The van der Waals surface area contributed by atoms with Crippen molar-refractivity contribution in [2.45, 2.75) is 20.3 Å². The average molecular weight is 221 g/mol. The molecule has 0 aliphatic carbocycles. The van der Waals surface area contributed by atoms with E-state index in [2.05, 4.69) is 25.0 Å². The molecule has 0 saturated carbocycles. The van der Waals surface area contributed by atoms with E-state index >= 15 is 0 Å². The number of carbonyl (C=O) groups excluding carboxylic acids is 1. The van der Waals surface area contributed by atoms with Crippen molar-refractivity contribution in [1.82, 2.24) is 5.43 Å². The molecule has 0 aliphatic rings. The molecular formula is C7H15N3O5. The van der Waals surface area contributed by atoms with Gasteiger partial charge in [0, 0.05) is 0 Å². The van der Waals surface area contributed by atoms with Crippen LogP contribution in [-0.2, 0) is 14.3 Å². The molecule has 8 nitrogen and oxygen atoms in total. The zero-order valence-electron chi connectivity index (χ0n) is 8.76. The van der Waals surface area contributed by atoms with E-state index < -0.39 is 12.9 Å². The van der Waals surface area contributed by atoms with Gasteiger partial charge in [0.2, 0.25) is 5.28 Å². The highest BCUT2D eigenvalue weighted by atomic mass is 16.8. The summed E-state index contributed by atoms with van der Waals surface area (Å²) in [5.74, 6) is 0. The van der Waals surface area contributed by atoms with Crippen molar-refractivity contribution >= 4 is 6.16 Å². The van der Waals surface area contributed by atoms with Crippen LogP contribution in [0.1, 0.15) is 20.3 Å². The minimum absolute atomic E-state index is 0.151. The lowest BCUT2D eigenvalue weighted by Gasteiger charge is -2.02. The summed E-state index contributed by atoms with van der Waals surface area (Å²) in [6.45, 7) is 3.76. The average Bonchev–Trinajstić information content (AvgIpc) is 2.22. The Morgan fingerprint density at radius 3 is 2.80 bits per heavy atom. The maximum atomic E-state index is 10.7. The van der Waals surface area contributed by atoms with Crippen LogP contribution in [0.15, 0.2) is 5.28 Å². The van der Waals surface area contributed by atoms with E-state index in [4.69, 9.17) is 0 Å². The molecule has 0 fully saturated rings. The first kappa shape index (κ1) is 13.3. The van der Waals surface area contributed by atoms with Crippen molar-refractivity contribution in [2.75, 3.05) is 19.9 Å². The topological polar surface area (TPSA) is 95.2 Å². The number of hydrogen-bond donors (Lipinski definition) is 1. The lowest BCUT2D eigenvalue weighted by Crippen LogP contribution is -2.23. The van der Waals surface area contributed by atoms with E-state index in [0.29, 0.717) is 6.54 Å². The van der Waals surface area contributed by atoms with E-state index in [1.165, 1.54) is 0 Å². The van der Waals surface area contributed by atoms with Crippen LogP contribution in [0.5, 0.6) is 0 Å². The molecule has 0 spiro atoms. The summed E-state index contributed by atoms with van der Waals surface area (Å²) >= 11 is 0. The Morgan fingerprint density at radius 2 is 2.20 bits per heavy atom. The molecule has 0 unspecified atom stereocenters. The Labute approximate surface area is 87.3 Å². The number of hydrazine groups is 1. The molecule has 8 heteroatoms. The molecule has 15 heavy (non-hydrogen) atoms. The van der Waals surface area contributed by atoms with Crippen LogP contribution in [0, 0.1) is 5.21 Å². The van der Waals surface area contributed by atoms with Gasteiger partial charge in [-0.05, 0) is 13.3 Å². The maximum absolute atomic E-state index is 10.7. The van der Waals surface area contributed by atoms with E-state index in [0.717, 1.165) is 6.42 Å². The molecule has 0 bridgehead atoms. The minimum atomic E-state index is -0.869. The van der Waals surface area contributed by atoms with Crippen LogP contribution in [0.3, 0.4) is 0 Å². The molecule has 0 aromatic carbocycles. The minimum Gasteiger partial charge on any atom is -0.569 e. The number of ether oxygens (including phenoxy) is 2. The summed E-state index contributed by atoms with van der Waals surface area (Å²) in [6, 6.07) is 0. The monoisotopic (exact) mass is 221 g/mol. The standard InChI is InChI=1S/C7H15N3O5/c1-3-5-8-10(12)9-15-6-14-7(11)13-4-2/h3-6H2,1-2H3,(H,8,9). The van der Waals surface area contributed by atoms with Crippen LogP contribution in [0.4, 0.5) is 4.79 Å². The van der Waals surface area contributed by atoms with Crippen molar-refractivity contribution < 1.29 is 24.1 Å². The molecule has 0 aromatic heterocycles. The van der Waals surface area contributed by atoms with Gasteiger partial charge in [-0.1, -0.05) is 6.92 Å². The zero-order chi connectivity index (χ0) is 11.5. The molecule has 0 atom stereocenters. The molecule has 0 amide bonds. The van der Waals surface area contributed by atoms with E-state index in [1.54, 1.807) is 6.92 Å². The van der Waals surface area contributed by atoms with Crippen molar-refractivity contribution in [3.8, 4) is 0 Å². The molecule has 0 saturated heterocycles. The molecule has 88 valence electrons. The van der Waals surface area contributed by atoms with Crippen LogP contribution >= 0.6 is 0 Å². The molecule has 0 heterocycles. The second-order valence-corrected chi connectivity index (χ2v) is 2.34. The lowest BCUT2D eigenvalue weighted by atomic mass is 10.5. The van der Waals surface area contributed by atoms with E-state index in [1.807, 2.05) is 6.92 Å². The summed E-state index contributed by atoms with van der Waals surface area (Å²) in [5.41, 5.74) is 2.36. The number of nitrogens with zero attached hydrogens (tertiary/aromatic N) is 2. The zero-order valence-corrected chi connectivity index (χ0v) is 8.76. The fourth-order valence-corrected chi connectivity index (χ4v) is 0.546. The third-order valence-corrected chi connectivity index (χ3v) is 1.12. The predicted molar refractivity (Wildman–Crippen MR) is 48.4 cm³/mol. The highest BCUT2D eigenvalue weighted by Gasteiger charge is 2.01. The fourth-order valence-electron chi connectivity index (χ4n) is 0.546. The Kier molecular flexibility index (Phi) is 7.83. The quantitative estimate of drug-likeness (QED) is 0.171. The Balaban J connectivity index is 3.47. The summed E-state index contributed by atoms with van der Waals surface area (Å²) in [4.78, 5) is 15.1. The largest absolute Gasteiger partial charge is 0.569 e. The molecule has 1 N–H and O–H groups in total. The summed E-state index contributed by atoms with van der Waals surface area (Å²) in [5, 5.41) is 13.7. The highest BCUT2D eigenvalue weighted by Crippen LogP contribution is 1.86. The molecule has 0 radical (unpaired) electrons. The molecule has 0 aromatic rings. The van der Waals surface area contributed by atoms with Gasteiger partial charge in [0.15, 0.2) is 0 Å². The summed E-state index contributed by atoms with van der Waals surface area (Å²) in [7, 11) is 0. The number of rotatable bonds is 7. The van der Waals surface area contributed by atoms with Gasteiger partial charge in [0.05, 0.1) is 18.1 Å². The van der Waals surface area contributed by atoms with Crippen molar-refractivity contribution in [2.24, 2.45) is 5.28 Å². The van der Waals surface area contributed by atoms with Gasteiger partial charge in [-0.3, -0.25) is 0 Å². The van der Waals surface area contributed by atoms with Gasteiger partial charge in [-0.25, -0.2) is 4.79 Å². The summed E-state index contributed by atoms with van der Waals surface area (Å²) < 4.78 is 8.79. The maximum Gasteiger partial charge on any atom is 0.511 e. The predicted octanol–water partition coefficient (Wildman–Crippen LogP) is 0.926. The second-order valence-electron chi connectivity index (χ2n) is 2.34.